The van der Waals surface area contributed by atoms with E-state index in [-0.39, 0.29) is 25.5 Å². The number of rotatable bonds is 9. The average molecular weight is 540 g/mol. The molecule has 1 saturated heterocycles. The molecular weight excluding hydrogens is 506 g/mol. The topological polar surface area (TPSA) is 105 Å². The van der Waals surface area contributed by atoms with Gasteiger partial charge in [-0.3, -0.25) is 14.5 Å². The summed E-state index contributed by atoms with van der Waals surface area (Å²) in [7, 11) is -1.99. The van der Waals surface area contributed by atoms with Gasteiger partial charge in [0.05, 0.1) is 13.4 Å². The molecule has 1 fully saturated rings. The van der Waals surface area contributed by atoms with Crippen LogP contribution in [0.1, 0.15) is 21.5 Å². The van der Waals surface area contributed by atoms with Crippen molar-refractivity contribution in [1.29, 1.82) is 0 Å². The molecule has 1 amide bonds. The number of hydrogen-bond donors (Lipinski definition) is 1. The molecule has 202 valence electrons. The van der Waals surface area contributed by atoms with Gasteiger partial charge in [0.2, 0.25) is 10.0 Å². The highest BCUT2D eigenvalue weighted by molar-refractivity contribution is 7.88. The van der Waals surface area contributed by atoms with E-state index in [1.165, 1.54) is 17.7 Å². The van der Waals surface area contributed by atoms with E-state index in [0.717, 1.165) is 21.9 Å². The lowest BCUT2D eigenvalue weighted by atomic mass is 10.0. The number of sulfonamides is 1. The van der Waals surface area contributed by atoms with E-state index in [0.29, 0.717) is 31.0 Å². The molecule has 0 aromatic heterocycles. The van der Waals surface area contributed by atoms with Crippen LogP contribution in [0.4, 0.5) is 0 Å². The fourth-order valence-corrected chi connectivity index (χ4v) is 5.46. The lowest BCUT2D eigenvalue weighted by Gasteiger charge is -2.37. The van der Waals surface area contributed by atoms with Crippen LogP contribution < -0.4 is 10.1 Å². The van der Waals surface area contributed by atoms with Gasteiger partial charge in [0, 0.05) is 43.9 Å². The molecule has 10 heteroatoms. The van der Waals surface area contributed by atoms with Gasteiger partial charge in [-0.15, -0.1) is 0 Å². The third-order valence-corrected chi connectivity index (χ3v) is 8.19. The molecule has 1 aliphatic rings. The van der Waals surface area contributed by atoms with Crippen molar-refractivity contribution in [3.8, 4) is 5.75 Å². The molecule has 38 heavy (non-hydrogen) atoms. The standard InChI is InChI=1S/C28H33N3O6S/c1-20-8-9-21-6-4-5-7-24(21)25(20)19-37-23-12-10-22(11-13-23)27(32)29-18-26(28(33)36-2)30-14-16-31(17-15-30)38(3,34)35/h4-13,26H,14-19H2,1-3H3,(H,29,32). The number of amides is 1. The van der Waals surface area contributed by atoms with Crippen molar-refractivity contribution >= 4 is 32.7 Å². The molecule has 1 aliphatic heterocycles. The Kier molecular flexibility index (Phi) is 8.65. The van der Waals surface area contributed by atoms with Gasteiger partial charge >= 0.3 is 5.97 Å². The van der Waals surface area contributed by atoms with Gasteiger partial charge in [0.1, 0.15) is 18.4 Å². The summed E-state index contributed by atoms with van der Waals surface area (Å²) in [6.07, 6.45) is 1.17. The van der Waals surface area contributed by atoms with Crippen LogP contribution in [0.5, 0.6) is 5.75 Å². The number of nitrogens with zero attached hydrogens (tertiary/aromatic N) is 2. The average Bonchev–Trinajstić information content (AvgIpc) is 2.92. The van der Waals surface area contributed by atoms with E-state index in [4.69, 9.17) is 9.47 Å². The van der Waals surface area contributed by atoms with Crippen molar-refractivity contribution in [2.75, 3.05) is 46.1 Å². The lowest BCUT2D eigenvalue weighted by Crippen LogP contribution is -2.57. The van der Waals surface area contributed by atoms with E-state index >= 15 is 0 Å². The van der Waals surface area contributed by atoms with Gasteiger partial charge in [-0.05, 0) is 47.5 Å². The van der Waals surface area contributed by atoms with Crippen molar-refractivity contribution in [3.05, 3.63) is 77.4 Å². The quantitative estimate of drug-likeness (QED) is 0.417. The number of ether oxygens (including phenoxy) is 2. The predicted molar refractivity (Wildman–Crippen MR) is 146 cm³/mol. The number of fused-ring (bicyclic) bond motifs is 1. The van der Waals surface area contributed by atoms with Crippen LogP contribution in [0.3, 0.4) is 0 Å². The Labute approximate surface area is 223 Å². The first-order valence-corrected chi connectivity index (χ1v) is 14.3. The maximum absolute atomic E-state index is 12.8. The van der Waals surface area contributed by atoms with Crippen LogP contribution in [-0.4, -0.2) is 81.6 Å². The third kappa shape index (κ3) is 6.50. The minimum Gasteiger partial charge on any atom is -0.489 e. The summed E-state index contributed by atoms with van der Waals surface area (Å²) in [4.78, 5) is 27.0. The monoisotopic (exact) mass is 539 g/mol. The Morgan fingerprint density at radius 1 is 0.974 bits per heavy atom. The largest absolute Gasteiger partial charge is 0.489 e. The van der Waals surface area contributed by atoms with Crippen LogP contribution in [0.25, 0.3) is 10.8 Å². The molecule has 1 atom stereocenters. The maximum atomic E-state index is 12.8. The molecule has 0 bridgehead atoms. The second-order valence-electron chi connectivity index (χ2n) is 9.34. The van der Waals surface area contributed by atoms with Crippen molar-refractivity contribution in [3.63, 3.8) is 0 Å². The Balaban J connectivity index is 1.35. The Bertz CT molecular complexity index is 1400. The molecule has 3 aromatic rings. The van der Waals surface area contributed by atoms with Gasteiger partial charge in [0.25, 0.3) is 5.91 Å². The summed E-state index contributed by atoms with van der Waals surface area (Å²) < 4.78 is 35.9. The number of hydrogen-bond acceptors (Lipinski definition) is 7. The highest BCUT2D eigenvalue weighted by Gasteiger charge is 2.32. The fraction of sp³-hybridized carbons (Fsp3) is 0.357. The highest BCUT2D eigenvalue weighted by atomic mass is 32.2. The lowest BCUT2D eigenvalue weighted by molar-refractivity contribution is -0.147. The number of nitrogens with one attached hydrogen (secondary N) is 1. The first-order chi connectivity index (χ1) is 18.2. The molecule has 0 spiro atoms. The van der Waals surface area contributed by atoms with Gasteiger partial charge in [0.15, 0.2) is 0 Å². The van der Waals surface area contributed by atoms with Gasteiger partial charge in [-0.1, -0.05) is 36.4 Å². The second kappa shape index (κ2) is 11.9. The summed E-state index contributed by atoms with van der Waals surface area (Å²) in [6.45, 7) is 3.80. The first-order valence-electron chi connectivity index (χ1n) is 12.4. The summed E-state index contributed by atoms with van der Waals surface area (Å²) in [6, 6.07) is 18.5. The number of benzene rings is 3. The van der Waals surface area contributed by atoms with Crippen LogP contribution in [0.2, 0.25) is 0 Å². The van der Waals surface area contributed by atoms with E-state index in [1.54, 1.807) is 24.3 Å². The smallest absolute Gasteiger partial charge is 0.324 e. The highest BCUT2D eigenvalue weighted by Crippen LogP contribution is 2.24. The van der Waals surface area contributed by atoms with Gasteiger partial charge < -0.3 is 14.8 Å². The first kappa shape index (κ1) is 27.6. The van der Waals surface area contributed by atoms with E-state index < -0.39 is 22.0 Å². The Morgan fingerprint density at radius 3 is 2.32 bits per heavy atom. The number of aryl methyl sites for hydroxylation is 1. The summed E-state index contributed by atoms with van der Waals surface area (Å²) >= 11 is 0. The molecule has 1 N–H and O–H groups in total. The normalized spacial score (nSPS) is 15.7. The van der Waals surface area contributed by atoms with Crippen LogP contribution in [0, 0.1) is 6.92 Å². The molecule has 9 nitrogen and oxygen atoms in total. The Morgan fingerprint density at radius 2 is 1.66 bits per heavy atom. The van der Waals surface area contributed by atoms with Gasteiger partial charge in [-0.2, -0.15) is 4.31 Å². The number of carbonyl (C=O) groups is 2. The van der Waals surface area contributed by atoms with Gasteiger partial charge in [-0.25, -0.2) is 8.42 Å². The minimum absolute atomic E-state index is 0.0446. The number of esters is 1. The van der Waals surface area contributed by atoms with Crippen molar-refractivity contribution in [1.82, 2.24) is 14.5 Å². The molecule has 4 rings (SSSR count). The molecule has 1 unspecified atom stereocenters. The van der Waals surface area contributed by atoms with Crippen molar-refractivity contribution in [2.45, 2.75) is 19.6 Å². The number of methoxy groups -OCH3 is 1. The van der Waals surface area contributed by atoms with Crippen molar-refractivity contribution in [2.24, 2.45) is 0 Å². The Hall–Kier alpha value is -3.47. The SMILES string of the molecule is COC(=O)C(CNC(=O)c1ccc(OCc2c(C)ccc3ccccc23)cc1)N1CCN(S(C)(=O)=O)CC1. The molecule has 1 heterocycles. The second-order valence-corrected chi connectivity index (χ2v) is 11.3. The van der Waals surface area contributed by atoms with E-state index in [2.05, 4.69) is 36.5 Å². The maximum Gasteiger partial charge on any atom is 0.324 e. The van der Waals surface area contributed by atoms with E-state index in [9.17, 15) is 18.0 Å². The summed E-state index contributed by atoms with van der Waals surface area (Å²) in [5.41, 5.74) is 2.71. The summed E-state index contributed by atoms with van der Waals surface area (Å²) in [5.74, 6) is -0.166. The zero-order valence-electron chi connectivity index (χ0n) is 21.8. The number of carbonyl (C=O) groups excluding carboxylic acids is 2. The van der Waals surface area contributed by atoms with Crippen LogP contribution in [-0.2, 0) is 26.2 Å². The van der Waals surface area contributed by atoms with Crippen molar-refractivity contribution < 1.29 is 27.5 Å². The number of piperazine rings is 1. The fourth-order valence-electron chi connectivity index (χ4n) is 4.63. The molecule has 0 saturated carbocycles. The van der Waals surface area contributed by atoms with Crippen LogP contribution >= 0.6 is 0 Å². The molecule has 3 aromatic carbocycles. The zero-order valence-corrected chi connectivity index (χ0v) is 22.7. The minimum atomic E-state index is -3.29. The molecule has 0 aliphatic carbocycles. The van der Waals surface area contributed by atoms with E-state index in [1.807, 2.05) is 17.0 Å². The molecule has 0 radical (unpaired) electrons. The zero-order chi connectivity index (χ0) is 27.3. The summed E-state index contributed by atoms with van der Waals surface area (Å²) in [5, 5.41) is 5.12. The third-order valence-electron chi connectivity index (χ3n) is 6.89. The van der Waals surface area contributed by atoms with Crippen LogP contribution in [0.15, 0.2) is 60.7 Å². The predicted octanol–water partition coefficient (Wildman–Crippen LogP) is 2.58. The molecular formula is C28H33N3O6S.